The van der Waals surface area contributed by atoms with Crippen molar-refractivity contribution in [2.75, 3.05) is 0 Å². The molecule has 2 N–H and O–H groups in total. The first kappa shape index (κ1) is 12.0. The van der Waals surface area contributed by atoms with Gasteiger partial charge in [-0.3, -0.25) is 0 Å². The first-order chi connectivity index (χ1) is 7.76. The van der Waals surface area contributed by atoms with Gasteiger partial charge in [-0.05, 0) is 24.0 Å². The van der Waals surface area contributed by atoms with Crippen molar-refractivity contribution in [1.82, 2.24) is 0 Å². The van der Waals surface area contributed by atoms with E-state index in [9.17, 15) is 0 Å². The average Bonchev–Trinajstić information content (AvgIpc) is 2.74. The maximum atomic E-state index is 6.40. The number of benzene rings is 1. The van der Waals surface area contributed by atoms with Crippen LogP contribution < -0.4 is 5.73 Å². The number of thioether (sulfide) groups is 1. The highest BCUT2D eigenvalue weighted by molar-refractivity contribution is 8.00. The Kier molecular flexibility index (Phi) is 3.93. The van der Waals surface area contributed by atoms with Crippen molar-refractivity contribution < 1.29 is 0 Å². The largest absolute Gasteiger partial charge is 0.326 e. The van der Waals surface area contributed by atoms with Gasteiger partial charge in [0.15, 0.2) is 0 Å². The molecule has 0 spiro atoms. The molecule has 1 nitrogen and oxygen atoms in total. The molecule has 88 valence electrons. The van der Waals surface area contributed by atoms with E-state index >= 15 is 0 Å². The van der Waals surface area contributed by atoms with Crippen LogP contribution >= 0.6 is 11.8 Å². The lowest BCUT2D eigenvalue weighted by molar-refractivity contribution is 0.387. The van der Waals surface area contributed by atoms with Crippen molar-refractivity contribution in [3.05, 3.63) is 29.8 Å². The molecule has 0 aliphatic carbocycles. The number of fused-ring (bicyclic) bond motifs is 1. The second-order valence-electron chi connectivity index (χ2n) is 4.62. The van der Waals surface area contributed by atoms with Crippen LogP contribution in [0, 0.1) is 5.92 Å². The average molecular weight is 235 g/mol. The van der Waals surface area contributed by atoms with Gasteiger partial charge in [-0.25, -0.2) is 0 Å². The molecular weight excluding hydrogens is 214 g/mol. The van der Waals surface area contributed by atoms with Crippen LogP contribution in [0.5, 0.6) is 0 Å². The molecule has 0 radical (unpaired) electrons. The highest BCUT2D eigenvalue weighted by atomic mass is 32.2. The quantitative estimate of drug-likeness (QED) is 0.865. The fourth-order valence-electron chi connectivity index (χ4n) is 2.56. The summed E-state index contributed by atoms with van der Waals surface area (Å²) in [6, 6.07) is 9.05. The molecule has 2 rings (SSSR count). The maximum absolute atomic E-state index is 6.40. The van der Waals surface area contributed by atoms with Crippen LogP contribution in [-0.4, -0.2) is 11.3 Å². The fraction of sp³-hybridized carbons (Fsp3) is 0.571. The fourth-order valence-corrected chi connectivity index (χ4v) is 3.99. The summed E-state index contributed by atoms with van der Waals surface area (Å²) in [4.78, 5) is 1.44. The lowest BCUT2D eigenvalue weighted by Gasteiger charge is -2.26. The van der Waals surface area contributed by atoms with Crippen LogP contribution in [0.3, 0.4) is 0 Å². The third-order valence-corrected chi connectivity index (χ3v) is 5.13. The Morgan fingerprint density at radius 3 is 2.62 bits per heavy atom. The normalized spacial score (nSPS) is 21.1. The topological polar surface area (TPSA) is 26.0 Å². The Morgan fingerprint density at radius 1 is 1.31 bits per heavy atom. The van der Waals surface area contributed by atoms with Gasteiger partial charge < -0.3 is 5.73 Å². The van der Waals surface area contributed by atoms with Crippen LogP contribution in [0.15, 0.2) is 29.2 Å². The summed E-state index contributed by atoms with van der Waals surface area (Å²) in [5.74, 6) is 0.673. The van der Waals surface area contributed by atoms with Gasteiger partial charge in [-0.1, -0.05) is 44.9 Å². The van der Waals surface area contributed by atoms with Crippen molar-refractivity contribution in [2.45, 2.75) is 49.3 Å². The van der Waals surface area contributed by atoms with Gasteiger partial charge in [0.05, 0.1) is 0 Å². The molecule has 0 amide bonds. The van der Waals surface area contributed by atoms with E-state index in [0.29, 0.717) is 17.2 Å². The van der Waals surface area contributed by atoms with E-state index in [1.54, 1.807) is 0 Å². The van der Waals surface area contributed by atoms with Crippen LogP contribution in [-0.2, 0) is 6.42 Å². The third kappa shape index (κ3) is 2.28. The highest BCUT2D eigenvalue weighted by Gasteiger charge is 2.30. The lowest BCUT2D eigenvalue weighted by atomic mass is 9.90. The molecule has 1 aromatic carbocycles. The number of hydrogen-bond donors (Lipinski definition) is 1. The van der Waals surface area contributed by atoms with Gasteiger partial charge in [0, 0.05) is 16.2 Å². The van der Waals surface area contributed by atoms with Crippen LogP contribution in [0.1, 0.15) is 32.3 Å². The molecule has 2 atom stereocenters. The molecule has 1 aliphatic heterocycles. The van der Waals surface area contributed by atoms with E-state index in [-0.39, 0.29) is 0 Å². The Bertz CT molecular complexity index is 321. The Hall–Kier alpha value is -0.470. The lowest BCUT2D eigenvalue weighted by Crippen LogP contribution is -2.39. The van der Waals surface area contributed by atoms with Crippen molar-refractivity contribution in [1.29, 1.82) is 0 Å². The second kappa shape index (κ2) is 5.24. The summed E-state index contributed by atoms with van der Waals surface area (Å²) < 4.78 is 0. The Labute approximate surface area is 103 Å². The molecule has 1 heterocycles. The van der Waals surface area contributed by atoms with Crippen molar-refractivity contribution in [3.63, 3.8) is 0 Å². The molecular formula is C14H21NS. The van der Waals surface area contributed by atoms with E-state index in [4.69, 9.17) is 5.73 Å². The van der Waals surface area contributed by atoms with E-state index in [1.165, 1.54) is 23.3 Å². The van der Waals surface area contributed by atoms with E-state index in [0.717, 1.165) is 6.42 Å². The Balaban J connectivity index is 2.05. The second-order valence-corrected chi connectivity index (χ2v) is 5.90. The van der Waals surface area contributed by atoms with Gasteiger partial charge in [0.2, 0.25) is 0 Å². The van der Waals surface area contributed by atoms with Gasteiger partial charge in [-0.2, -0.15) is 0 Å². The molecule has 0 saturated heterocycles. The number of hydrogen-bond acceptors (Lipinski definition) is 2. The summed E-state index contributed by atoms with van der Waals surface area (Å²) in [7, 11) is 0. The molecule has 0 aromatic heterocycles. The smallest absolute Gasteiger partial charge is 0.0289 e. The molecule has 1 aromatic rings. The SMILES string of the molecule is CCC(CC)C(N)C1Cc2ccccc2S1. The van der Waals surface area contributed by atoms with Crippen LogP contribution in [0.4, 0.5) is 0 Å². The molecule has 0 fully saturated rings. The molecule has 2 unspecified atom stereocenters. The zero-order valence-electron chi connectivity index (χ0n) is 10.1. The predicted molar refractivity (Wildman–Crippen MR) is 71.8 cm³/mol. The maximum Gasteiger partial charge on any atom is 0.0289 e. The first-order valence-corrected chi connectivity index (χ1v) is 7.14. The number of rotatable bonds is 4. The standard InChI is InChI=1S/C14H21NS/c1-3-10(4-2)14(15)13-9-11-7-5-6-8-12(11)16-13/h5-8,10,13-14H,3-4,9,15H2,1-2H3. The Morgan fingerprint density at radius 2 is 2.00 bits per heavy atom. The van der Waals surface area contributed by atoms with Gasteiger partial charge in [-0.15, -0.1) is 11.8 Å². The van der Waals surface area contributed by atoms with E-state index in [2.05, 4.69) is 38.1 Å². The predicted octanol–water partition coefficient (Wildman–Crippen LogP) is 3.47. The zero-order chi connectivity index (χ0) is 11.5. The van der Waals surface area contributed by atoms with Gasteiger partial charge in [0.1, 0.15) is 0 Å². The van der Waals surface area contributed by atoms with E-state index in [1.807, 2.05) is 11.8 Å². The molecule has 1 aliphatic rings. The monoisotopic (exact) mass is 235 g/mol. The molecule has 0 bridgehead atoms. The first-order valence-electron chi connectivity index (χ1n) is 6.26. The summed E-state index contributed by atoms with van der Waals surface area (Å²) in [5, 5.41) is 0.585. The number of nitrogens with two attached hydrogens (primary N) is 1. The minimum absolute atomic E-state index is 0.340. The van der Waals surface area contributed by atoms with Crippen molar-refractivity contribution in [3.8, 4) is 0 Å². The summed E-state index contributed by atoms with van der Waals surface area (Å²) in [6.07, 6.45) is 3.55. The minimum Gasteiger partial charge on any atom is -0.326 e. The highest BCUT2D eigenvalue weighted by Crippen LogP contribution is 2.39. The minimum atomic E-state index is 0.340. The molecule has 2 heteroatoms. The van der Waals surface area contributed by atoms with Crippen molar-refractivity contribution >= 4 is 11.8 Å². The van der Waals surface area contributed by atoms with Gasteiger partial charge >= 0.3 is 0 Å². The van der Waals surface area contributed by atoms with Crippen LogP contribution in [0.2, 0.25) is 0 Å². The van der Waals surface area contributed by atoms with Crippen molar-refractivity contribution in [2.24, 2.45) is 11.7 Å². The van der Waals surface area contributed by atoms with Crippen LogP contribution in [0.25, 0.3) is 0 Å². The van der Waals surface area contributed by atoms with Gasteiger partial charge in [0.25, 0.3) is 0 Å². The third-order valence-electron chi connectivity index (χ3n) is 3.69. The molecule has 0 saturated carbocycles. The summed E-state index contributed by atoms with van der Waals surface area (Å²) in [6.45, 7) is 4.50. The van der Waals surface area contributed by atoms with E-state index < -0.39 is 0 Å². The summed E-state index contributed by atoms with van der Waals surface area (Å²) in [5.41, 5.74) is 7.89. The summed E-state index contributed by atoms with van der Waals surface area (Å²) >= 11 is 1.98. The molecule has 16 heavy (non-hydrogen) atoms. The zero-order valence-corrected chi connectivity index (χ0v) is 11.0.